The number of methoxy groups -OCH3 is 1. The molecule has 0 aliphatic heterocycles. The summed E-state index contributed by atoms with van der Waals surface area (Å²) < 4.78 is 18.8. The van der Waals surface area contributed by atoms with Gasteiger partial charge in [-0.05, 0) is 29.8 Å². The average Bonchev–Trinajstić information content (AvgIpc) is 2.42. The molecule has 21 heavy (non-hydrogen) atoms. The van der Waals surface area contributed by atoms with Gasteiger partial charge in [0.25, 0.3) is 0 Å². The summed E-state index contributed by atoms with van der Waals surface area (Å²) in [4.78, 5) is 18.4. The van der Waals surface area contributed by atoms with E-state index in [4.69, 9.17) is 16.3 Å². The van der Waals surface area contributed by atoms with Crippen molar-refractivity contribution in [2.75, 3.05) is 17.7 Å². The van der Waals surface area contributed by atoms with Crippen molar-refractivity contribution < 1.29 is 13.9 Å². The second-order valence-corrected chi connectivity index (χ2v) is 4.39. The van der Waals surface area contributed by atoms with Crippen LogP contribution in [0.1, 0.15) is 6.92 Å². The summed E-state index contributed by atoms with van der Waals surface area (Å²) >= 11 is 5.64. The predicted octanol–water partition coefficient (Wildman–Crippen LogP) is 2.98. The molecule has 110 valence electrons. The Morgan fingerprint density at radius 2 is 2.19 bits per heavy atom. The van der Waals surface area contributed by atoms with Crippen LogP contribution in [0.25, 0.3) is 0 Å². The number of amides is 1. The van der Waals surface area contributed by atoms with Gasteiger partial charge < -0.3 is 15.4 Å². The fourth-order valence-electron chi connectivity index (χ4n) is 1.65. The zero-order valence-corrected chi connectivity index (χ0v) is 12.0. The molecule has 0 unspecified atom stereocenters. The first-order valence-electron chi connectivity index (χ1n) is 5.90. The van der Waals surface area contributed by atoms with E-state index in [9.17, 15) is 9.18 Å². The maximum absolute atomic E-state index is 13.6. The number of nitrogens with zero attached hydrogens (tertiary/aromatic N) is 2. The van der Waals surface area contributed by atoms with Crippen LogP contribution in [-0.2, 0) is 4.79 Å². The van der Waals surface area contributed by atoms with Crippen molar-refractivity contribution in [3.63, 3.8) is 0 Å². The normalized spacial score (nSPS) is 10.1. The number of hydrogen-bond acceptors (Lipinski definition) is 5. The maximum Gasteiger partial charge on any atom is 0.224 e. The second-order valence-electron chi connectivity index (χ2n) is 4.06. The van der Waals surface area contributed by atoms with E-state index >= 15 is 0 Å². The Balaban J connectivity index is 2.36. The van der Waals surface area contributed by atoms with E-state index < -0.39 is 5.82 Å². The van der Waals surface area contributed by atoms with E-state index in [1.165, 1.54) is 14.0 Å². The topological polar surface area (TPSA) is 76.1 Å². The number of anilines is 3. The van der Waals surface area contributed by atoms with Gasteiger partial charge in [0.05, 0.1) is 19.0 Å². The lowest BCUT2D eigenvalue weighted by Gasteiger charge is -2.13. The molecule has 0 fully saturated rings. The molecule has 1 heterocycles. The first kappa shape index (κ1) is 15.0. The predicted molar refractivity (Wildman–Crippen MR) is 77.6 cm³/mol. The van der Waals surface area contributed by atoms with Gasteiger partial charge in [0.15, 0.2) is 11.6 Å². The van der Waals surface area contributed by atoms with E-state index in [1.54, 1.807) is 18.2 Å². The third-order valence-electron chi connectivity index (χ3n) is 2.49. The molecule has 0 atom stereocenters. The summed E-state index contributed by atoms with van der Waals surface area (Å²) in [6, 6.07) is 4.89. The molecule has 0 saturated carbocycles. The summed E-state index contributed by atoms with van der Waals surface area (Å²) in [6.07, 6.45) is 0.960. The summed E-state index contributed by atoms with van der Waals surface area (Å²) in [5.41, 5.74) is 0.962. The average molecular weight is 311 g/mol. The van der Waals surface area contributed by atoms with E-state index in [2.05, 4.69) is 20.6 Å². The van der Waals surface area contributed by atoms with Gasteiger partial charge in [-0.1, -0.05) is 0 Å². The summed E-state index contributed by atoms with van der Waals surface area (Å²) in [7, 11) is 1.47. The summed E-state index contributed by atoms with van der Waals surface area (Å²) in [5.74, 6) is -0.514. The molecule has 0 aliphatic carbocycles. The lowest BCUT2D eigenvalue weighted by atomic mass is 10.2. The maximum atomic E-state index is 13.6. The van der Waals surface area contributed by atoms with Gasteiger partial charge in [0.2, 0.25) is 11.2 Å². The highest BCUT2D eigenvalue weighted by molar-refractivity contribution is 6.28. The van der Waals surface area contributed by atoms with Crippen molar-refractivity contribution in [3.8, 4) is 5.75 Å². The van der Waals surface area contributed by atoms with Gasteiger partial charge >= 0.3 is 0 Å². The zero-order valence-electron chi connectivity index (χ0n) is 11.3. The van der Waals surface area contributed by atoms with E-state index in [0.717, 1.165) is 6.20 Å². The molecule has 1 amide bonds. The Kier molecular flexibility index (Phi) is 4.54. The molecule has 0 spiro atoms. The lowest BCUT2D eigenvalue weighted by molar-refractivity contribution is -0.114. The number of halogens is 2. The highest BCUT2D eigenvalue weighted by Gasteiger charge is 2.11. The zero-order chi connectivity index (χ0) is 15.4. The number of benzene rings is 1. The highest BCUT2D eigenvalue weighted by atomic mass is 35.5. The smallest absolute Gasteiger partial charge is 0.224 e. The Morgan fingerprint density at radius 1 is 1.43 bits per heavy atom. The molecular formula is C13H12ClFN4O2. The van der Waals surface area contributed by atoms with Gasteiger partial charge in [-0.3, -0.25) is 4.79 Å². The Labute approximate surface area is 125 Å². The van der Waals surface area contributed by atoms with Crippen LogP contribution in [0.4, 0.5) is 21.6 Å². The molecule has 1 aromatic heterocycles. The van der Waals surface area contributed by atoms with Crippen molar-refractivity contribution >= 4 is 34.7 Å². The van der Waals surface area contributed by atoms with Crippen molar-refractivity contribution in [1.29, 1.82) is 0 Å². The Morgan fingerprint density at radius 3 is 2.86 bits per heavy atom. The molecule has 0 saturated heterocycles. The molecule has 2 aromatic rings. The van der Waals surface area contributed by atoms with Crippen molar-refractivity contribution in [3.05, 3.63) is 35.5 Å². The Bertz CT molecular complexity index is 681. The summed E-state index contributed by atoms with van der Waals surface area (Å²) in [5, 5.41) is 5.29. The molecule has 0 radical (unpaired) electrons. The molecule has 6 nitrogen and oxygen atoms in total. The third kappa shape index (κ3) is 3.79. The van der Waals surface area contributed by atoms with Gasteiger partial charge in [-0.25, -0.2) is 9.37 Å². The first-order chi connectivity index (χ1) is 9.99. The number of hydrogen-bond donors (Lipinski definition) is 2. The van der Waals surface area contributed by atoms with Crippen LogP contribution in [-0.4, -0.2) is 23.0 Å². The van der Waals surface area contributed by atoms with Crippen molar-refractivity contribution in [1.82, 2.24) is 9.97 Å². The SMILES string of the molecule is COc1ccc(NC(C)=O)cc1Nc1nc(Cl)ncc1F. The van der Waals surface area contributed by atoms with Crippen LogP contribution >= 0.6 is 11.6 Å². The fourth-order valence-corrected chi connectivity index (χ4v) is 1.78. The number of carbonyl (C=O) groups excluding carboxylic acids is 1. The second kappa shape index (κ2) is 6.36. The van der Waals surface area contributed by atoms with Crippen LogP contribution in [0.5, 0.6) is 5.75 Å². The number of aromatic nitrogens is 2. The lowest BCUT2D eigenvalue weighted by Crippen LogP contribution is -2.07. The number of rotatable bonds is 4. The van der Waals surface area contributed by atoms with Gasteiger partial charge in [0, 0.05) is 12.6 Å². The Hall–Kier alpha value is -2.41. The quantitative estimate of drug-likeness (QED) is 0.849. The number of nitrogens with one attached hydrogen (secondary N) is 2. The van der Waals surface area contributed by atoms with Crippen molar-refractivity contribution in [2.24, 2.45) is 0 Å². The van der Waals surface area contributed by atoms with E-state index in [1.807, 2.05) is 0 Å². The van der Waals surface area contributed by atoms with Crippen LogP contribution in [0, 0.1) is 5.82 Å². The van der Waals surface area contributed by atoms with E-state index in [-0.39, 0.29) is 17.0 Å². The van der Waals surface area contributed by atoms with Gasteiger partial charge in [-0.15, -0.1) is 0 Å². The molecule has 0 aliphatic rings. The highest BCUT2D eigenvalue weighted by Crippen LogP contribution is 2.31. The minimum absolute atomic E-state index is 0.0871. The summed E-state index contributed by atoms with van der Waals surface area (Å²) in [6.45, 7) is 1.39. The van der Waals surface area contributed by atoms with Crippen molar-refractivity contribution in [2.45, 2.75) is 6.92 Å². The fraction of sp³-hybridized carbons (Fsp3) is 0.154. The molecule has 8 heteroatoms. The number of ether oxygens (including phenoxy) is 1. The third-order valence-corrected chi connectivity index (χ3v) is 2.67. The van der Waals surface area contributed by atoms with E-state index in [0.29, 0.717) is 17.1 Å². The molecule has 0 bridgehead atoms. The molecule has 2 N–H and O–H groups in total. The van der Waals surface area contributed by atoms with Crippen LogP contribution in [0.2, 0.25) is 5.28 Å². The largest absolute Gasteiger partial charge is 0.495 e. The minimum atomic E-state index is -0.661. The van der Waals surface area contributed by atoms with Gasteiger partial charge in [-0.2, -0.15) is 4.98 Å². The molecule has 1 aromatic carbocycles. The monoisotopic (exact) mass is 310 g/mol. The molecular weight excluding hydrogens is 299 g/mol. The standard InChI is InChI=1S/C13H12ClFN4O2/c1-7(20)17-8-3-4-11(21-2)10(5-8)18-12-9(15)6-16-13(14)19-12/h3-6H,1-2H3,(H,17,20)(H,16,18,19). The molecule has 2 rings (SSSR count). The van der Waals surface area contributed by atoms with Crippen LogP contribution in [0.15, 0.2) is 24.4 Å². The first-order valence-corrected chi connectivity index (χ1v) is 6.28. The number of carbonyl (C=O) groups is 1. The minimum Gasteiger partial charge on any atom is -0.495 e. The van der Waals surface area contributed by atoms with Crippen LogP contribution in [0.3, 0.4) is 0 Å². The van der Waals surface area contributed by atoms with Gasteiger partial charge in [0.1, 0.15) is 5.75 Å². The van der Waals surface area contributed by atoms with Crippen LogP contribution < -0.4 is 15.4 Å².